The van der Waals surface area contributed by atoms with Crippen molar-refractivity contribution in [1.82, 2.24) is 4.90 Å². The fourth-order valence-electron chi connectivity index (χ4n) is 2.95. The van der Waals surface area contributed by atoms with Crippen LogP contribution < -0.4 is 0 Å². The van der Waals surface area contributed by atoms with Crippen LogP contribution >= 0.6 is 0 Å². The zero-order valence-electron chi connectivity index (χ0n) is 9.05. The van der Waals surface area contributed by atoms with Crippen LogP contribution in [0.3, 0.4) is 0 Å². The third-order valence-corrected chi connectivity index (χ3v) is 3.54. The molecule has 0 aromatic carbocycles. The summed E-state index contributed by atoms with van der Waals surface area (Å²) in [6.07, 6.45) is 4.45. The Bertz CT molecular complexity index is 193. The van der Waals surface area contributed by atoms with E-state index < -0.39 is 0 Å². The van der Waals surface area contributed by atoms with E-state index in [1.165, 1.54) is 25.8 Å². The van der Waals surface area contributed by atoms with Crippen molar-refractivity contribution in [2.75, 3.05) is 13.2 Å². The number of ether oxygens (including phenoxy) is 1. The van der Waals surface area contributed by atoms with E-state index in [4.69, 9.17) is 4.74 Å². The maximum atomic E-state index is 5.76. The van der Waals surface area contributed by atoms with E-state index in [9.17, 15) is 0 Å². The predicted molar refractivity (Wildman–Crippen MR) is 53.8 cm³/mol. The van der Waals surface area contributed by atoms with Gasteiger partial charge in [0.15, 0.2) is 0 Å². The number of hydrogen-bond donors (Lipinski definition) is 0. The van der Waals surface area contributed by atoms with Crippen LogP contribution in [0.1, 0.15) is 40.0 Å². The van der Waals surface area contributed by atoms with Crippen molar-refractivity contribution in [3.05, 3.63) is 0 Å². The van der Waals surface area contributed by atoms with Crippen molar-refractivity contribution in [3.8, 4) is 0 Å². The van der Waals surface area contributed by atoms with Crippen molar-refractivity contribution in [2.45, 2.75) is 57.7 Å². The van der Waals surface area contributed by atoms with Crippen molar-refractivity contribution in [1.29, 1.82) is 0 Å². The summed E-state index contributed by atoms with van der Waals surface area (Å²) in [5.74, 6) is 0. The fourth-order valence-corrected chi connectivity index (χ4v) is 2.95. The predicted octanol–water partition coefficient (Wildman–Crippen LogP) is 2.04. The van der Waals surface area contributed by atoms with Gasteiger partial charge in [-0.3, -0.25) is 4.90 Å². The van der Waals surface area contributed by atoms with Gasteiger partial charge >= 0.3 is 0 Å². The standard InChI is InChI=1S/C11H21NO/c1-9(2)13-8-11-5-4-6-12(11)10(3)7-11/h9-10H,4-8H2,1-3H3/t10-,11-/m1/s1. The Labute approximate surface area is 81.3 Å². The van der Waals surface area contributed by atoms with E-state index >= 15 is 0 Å². The zero-order valence-corrected chi connectivity index (χ0v) is 9.05. The molecule has 2 aliphatic heterocycles. The Morgan fingerprint density at radius 3 is 2.92 bits per heavy atom. The Kier molecular flexibility index (Phi) is 2.37. The van der Waals surface area contributed by atoms with E-state index in [-0.39, 0.29) is 0 Å². The summed E-state index contributed by atoms with van der Waals surface area (Å²) in [6, 6.07) is 0.804. The van der Waals surface area contributed by atoms with Crippen LogP contribution in [0.5, 0.6) is 0 Å². The molecule has 2 fully saturated rings. The van der Waals surface area contributed by atoms with Crippen LogP contribution in [0.2, 0.25) is 0 Å². The van der Waals surface area contributed by atoms with Crippen LogP contribution in [-0.2, 0) is 4.74 Å². The van der Waals surface area contributed by atoms with Gasteiger partial charge in [-0.25, -0.2) is 0 Å². The van der Waals surface area contributed by atoms with Crippen LogP contribution in [-0.4, -0.2) is 35.7 Å². The molecule has 0 spiro atoms. The van der Waals surface area contributed by atoms with E-state index in [1.54, 1.807) is 0 Å². The topological polar surface area (TPSA) is 12.5 Å². The molecule has 0 radical (unpaired) electrons. The van der Waals surface area contributed by atoms with Crippen LogP contribution in [0.15, 0.2) is 0 Å². The second kappa shape index (κ2) is 3.25. The molecule has 0 saturated carbocycles. The van der Waals surface area contributed by atoms with Gasteiger partial charge in [-0.2, -0.15) is 0 Å². The average Bonchev–Trinajstić information content (AvgIpc) is 2.39. The molecule has 2 heteroatoms. The van der Waals surface area contributed by atoms with Gasteiger partial charge in [0.1, 0.15) is 0 Å². The lowest BCUT2D eigenvalue weighted by atomic mass is 9.80. The Hall–Kier alpha value is -0.0800. The summed E-state index contributed by atoms with van der Waals surface area (Å²) >= 11 is 0. The highest BCUT2D eigenvalue weighted by Crippen LogP contribution is 2.45. The van der Waals surface area contributed by atoms with Gasteiger partial charge < -0.3 is 4.74 Å². The lowest BCUT2D eigenvalue weighted by Crippen LogP contribution is -2.63. The maximum absolute atomic E-state index is 5.76. The lowest BCUT2D eigenvalue weighted by Gasteiger charge is -2.53. The first kappa shape index (κ1) is 9.47. The molecule has 2 nitrogen and oxygen atoms in total. The van der Waals surface area contributed by atoms with Gasteiger partial charge in [0.25, 0.3) is 0 Å². The highest BCUT2D eigenvalue weighted by atomic mass is 16.5. The molecule has 0 unspecified atom stereocenters. The van der Waals surface area contributed by atoms with Gasteiger partial charge in [-0.15, -0.1) is 0 Å². The largest absolute Gasteiger partial charge is 0.377 e. The third kappa shape index (κ3) is 1.50. The van der Waals surface area contributed by atoms with E-state index in [2.05, 4.69) is 25.7 Å². The molecule has 0 aliphatic carbocycles. The van der Waals surface area contributed by atoms with Crippen molar-refractivity contribution in [2.24, 2.45) is 0 Å². The van der Waals surface area contributed by atoms with Gasteiger partial charge in [0.05, 0.1) is 12.7 Å². The minimum absolute atomic E-state index is 0.382. The lowest BCUT2D eigenvalue weighted by molar-refractivity contribution is -0.0960. The van der Waals surface area contributed by atoms with Crippen molar-refractivity contribution in [3.63, 3.8) is 0 Å². The summed E-state index contributed by atoms with van der Waals surface area (Å²) in [5, 5.41) is 0. The minimum atomic E-state index is 0.382. The van der Waals surface area contributed by atoms with Gasteiger partial charge in [-0.05, 0) is 46.6 Å². The number of nitrogens with zero attached hydrogens (tertiary/aromatic N) is 1. The Morgan fingerprint density at radius 2 is 2.31 bits per heavy atom. The second-order valence-corrected chi connectivity index (χ2v) is 4.93. The molecule has 0 amide bonds. The van der Waals surface area contributed by atoms with Crippen molar-refractivity contribution < 1.29 is 4.74 Å². The molecule has 0 aromatic rings. The number of rotatable bonds is 3. The Morgan fingerprint density at radius 1 is 1.54 bits per heavy atom. The average molecular weight is 183 g/mol. The first-order chi connectivity index (χ1) is 6.14. The van der Waals surface area contributed by atoms with E-state index in [1.807, 2.05) is 0 Å². The molecular weight excluding hydrogens is 162 g/mol. The minimum Gasteiger partial charge on any atom is -0.377 e. The maximum Gasteiger partial charge on any atom is 0.0654 e. The summed E-state index contributed by atoms with van der Waals surface area (Å²) < 4.78 is 5.76. The summed E-state index contributed by atoms with van der Waals surface area (Å²) in [5.41, 5.74) is 0.448. The normalized spacial score (nSPS) is 39.2. The molecule has 2 heterocycles. The fraction of sp³-hybridized carbons (Fsp3) is 1.00. The molecule has 2 atom stereocenters. The van der Waals surface area contributed by atoms with Gasteiger partial charge in [0.2, 0.25) is 0 Å². The zero-order chi connectivity index (χ0) is 9.47. The third-order valence-electron chi connectivity index (χ3n) is 3.54. The van der Waals surface area contributed by atoms with Crippen LogP contribution in [0.25, 0.3) is 0 Å². The molecule has 0 bridgehead atoms. The smallest absolute Gasteiger partial charge is 0.0654 e. The van der Waals surface area contributed by atoms with Crippen LogP contribution in [0, 0.1) is 0 Å². The molecule has 0 N–H and O–H groups in total. The van der Waals surface area contributed by atoms with E-state index in [0.717, 1.165) is 12.6 Å². The summed E-state index contributed by atoms with van der Waals surface area (Å²) in [6.45, 7) is 8.83. The van der Waals surface area contributed by atoms with Gasteiger partial charge in [0, 0.05) is 11.6 Å². The summed E-state index contributed by atoms with van der Waals surface area (Å²) in [4.78, 5) is 2.63. The Balaban J connectivity index is 1.90. The molecule has 0 aromatic heterocycles. The first-order valence-corrected chi connectivity index (χ1v) is 5.52. The second-order valence-electron chi connectivity index (χ2n) is 4.93. The van der Waals surface area contributed by atoms with Crippen LogP contribution in [0.4, 0.5) is 0 Å². The number of hydrogen-bond acceptors (Lipinski definition) is 2. The molecule has 2 aliphatic rings. The highest BCUT2D eigenvalue weighted by Gasteiger charge is 2.52. The quantitative estimate of drug-likeness (QED) is 0.664. The van der Waals surface area contributed by atoms with E-state index in [0.29, 0.717) is 11.6 Å². The van der Waals surface area contributed by atoms with Gasteiger partial charge in [-0.1, -0.05) is 0 Å². The highest BCUT2D eigenvalue weighted by molar-refractivity contribution is 5.08. The first-order valence-electron chi connectivity index (χ1n) is 5.52. The monoisotopic (exact) mass is 183 g/mol. The molecule has 2 saturated heterocycles. The molecular formula is C11H21NO. The molecule has 2 rings (SSSR count). The molecule has 13 heavy (non-hydrogen) atoms. The summed E-state index contributed by atoms with van der Waals surface area (Å²) in [7, 11) is 0. The number of fused-ring (bicyclic) bond motifs is 1. The molecule has 76 valence electrons. The SMILES string of the molecule is CC(C)OC[C@]12CCCN1[C@H](C)C2. The van der Waals surface area contributed by atoms with Crippen molar-refractivity contribution >= 4 is 0 Å².